The van der Waals surface area contributed by atoms with E-state index in [0.717, 1.165) is 48.0 Å². The quantitative estimate of drug-likeness (QED) is 0.371. The topological polar surface area (TPSA) is 99.7 Å². The number of hydrogen-bond acceptors (Lipinski definition) is 6. The number of nitro benzene ring substituents is 1. The Hall–Kier alpha value is -2.87. The molecule has 0 bridgehead atoms. The zero-order valence-corrected chi connectivity index (χ0v) is 15.2. The zero-order chi connectivity index (χ0) is 19.0. The van der Waals surface area contributed by atoms with E-state index < -0.39 is 15.0 Å². The maximum atomic E-state index is 12.4. The molecule has 4 rings (SSSR count). The Labute approximate surface area is 155 Å². The van der Waals surface area contributed by atoms with Crippen LogP contribution in [0.25, 0.3) is 11.0 Å². The average molecular weight is 387 g/mol. The van der Waals surface area contributed by atoms with E-state index in [2.05, 4.69) is 0 Å². The third-order valence-electron chi connectivity index (χ3n) is 4.64. The Balaban J connectivity index is 1.56. The molecule has 7 nitrogen and oxygen atoms in total. The molecule has 0 unspecified atom stereocenters. The first kappa shape index (κ1) is 17.5. The molecule has 8 heteroatoms. The summed E-state index contributed by atoms with van der Waals surface area (Å²) in [5, 5.41) is 11.6. The van der Waals surface area contributed by atoms with Crippen LogP contribution >= 0.6 is 0 Å². The summed E-state index contributed by atoms with van der Waals surface area (Å²) in [6, 6.07) is 10.4. The van der Waals surface area contributed by atoms with Crippen molar-refractivity contribution in [2.45, 2.75) is 31.4 Å². The van der Waals surface area contributed by atoms with Crippen LogP contribution in [-0.4, -0.2) is 13.3 Å². The van der Waals surface area contributed by atoms with E-state index in [4.69, 9.17) is 8.60 Å². The Morgan fingerprint density at radius 3 is 2.56 bits per heavy atom. The highest BCUT2D eigenvalue weighted by Gasteiger charge is 2.20. The summed E-state index contributed by atoms with van der Waals surface area (Å²) in [5.74, 6) is 0.840. The zero-order valence-electron chi connectivity index (χ0n) is 14.4. The SMILES string of the molecule is O=[N+]([O-])c1ccc(CS(=O)(=O)Oc2ccc3oc4c(c3c2)CCCC4)cc1. The highest BCUT2D eigenvalue weighted by molar-refractivity contribution is 7.86. The maximum Gasteiger partial charge on any atom is 0.313 e. The molecule has 0 fully saturated rings. The van der Waals surface area contributed by atoms with Gasteiger partial charge in [-0.15, -0.1) is 0 Å². The van der Waals surface area contributed by atoms with Gasteiger partial charge in [-0.1, -0.05) is 12.1 Å². The second-order valence-corrected chi connectivity index (χ2v) is 8.15. The number of rotatable bonds is 5. The first-order chi connectivity index (χ1) is 12.9. The Bertz CT molecular complexity index is 1120. The minimum atomic E-state index is -3.89. The monoisotopic (exact) mass is 387 g/mol. The number of nitro groups is 1. The van der Waals surface area contributed by atoms with E-state index in [1.807, 2.05) is 0 Å². The second kappa shape index (κ2) is 6.70. The van der Waals surface area contributed by atoms with Crippen molar-refractivity contribution in [3.63, 3.8) is 0 Å². The van der Waals surface area contributed by atoms with E-state index in [9.17, 15) is 18.5 Å². The van der Waals surface area contributed by atoms with Crippen LogP contribution in [0.1, 0.15) is 29.7 Å². The minimum absolute atomic E-state index is 0.0905. The van der Waals surface area contributed by atoms with E-state index >= 15 is 0 Å². The number of fused-ring (bicyclic) bond motifs is 3. The largest absolute Gasteiger partial charge is 0.461 e. The van der Waals surface area contributed by atoms with Crippen LogP contribution in [0, 0.1) is 10.1 Å². The number of non-ortho nitro benzene ring substituents is 1. The predicted molar refractivity (Wildman–Crippen MR) is 99.2 cm³/mol. The van der Waals surface area contributed by atoms with Crippen molar-refractivity contribution in [2.24, 2.45) is 0 Å². The first-order valence-electron chi connectivity index (χ1n) is 8.61. The van der Waals surface area contributed by atoms with Crippen LogP contribution in [0.4, 0.5) is 5.69 Å². The van der Waals surface area contributed by atoms with Gasteiger partial charge in [0.2, 0.25) is 0 Å². The molecule has 1 aliphatic rings. The molecule has 2 aromatic carbocycles. The third kappa shape index (κ3) is 3.66. The van der Waals surface area contributed by atoms with Crippen LogP contribution in [-0.2, 0) is 28.7 Å². The van der Waals surface area contributed by atoms with Gasteiger partial charge in [-0.05, 0) is 43.0 Å². The van der Waals surface area contributed by atoms with Gasteiger partial charge in [0.05, 0.1) is 4.92 Å². The summed E-state index contributed by atoms with van der Waals surface area (Å²) < 4.78 is 35.8. The number of nitrogens with zero attached hydrogens (tertiary/aromatic N) is 1. The molecule has 0 N–H and O–H groups in total. The van der Waals surface area contributed by atoms with Gasteiger partial charge in [-0.3, -0.25) is 10.1 Å². The van der Waals surface area contributed by atoms with Crippen LogP contribution in [0.5, 0.6) is 5.75 Å². The molecule has 0 amide bonds. The lowest BCUT2D eigenvalue weighted by molar-refractivity contribution is -0.384. The molecule has 27 heavy (non-hydrogen) atoms. The fraction of sp³-hybridized carbons (Fsp3) is 0.263. The van der Waals surface area contributed by atoms with Gasteiger partial charge in [0.25, 0.3) is 5.69 Å². The normalized spacial score (nSPS) is 14.1. The molecular formula is C19H17NO6S. The summed E-state index contributed by atoms with van der Waals surface area (Å²) in [7, 11) is -3.89. The van der Waals surface area contributed by atoms with Crippen molar-refractivity contribution in [1.29, 1.82) is 0 Å². The van der Waals surface area contributed by atoms with Crippen LogP contribution < -0.4 is 4.18 Å². The lowest BCUT2D eigenvalue weighted by Gasteiger charge is -2.09. The summed E-state index contributed by atoms with van der Waals surface area (Å²) in [6.45, 7) is 0. The van der Waals surface area contributed by atoms with Gasteiger partial charge < -0.3 is 8.60 Å². The molecule has 140 valence electrons. The van der Waals surface area contributed by atoms with Gasteiger partial charge in [-0.2, -0.15) is 8.42 Å². The first-order valence-corrected chi connectivity index (χ1v) is 10.2. The molecule has 0 spiro atoms. The number of aryl methyl sites for hydroxylation is 2. The van der Waals surface area contributed by atoms with Crippen molar-refractivity contribution in [1.82, 2.24) is 0 Å². The van der Waals surface area contributed by atoms with Crippen molar-refractivity contribution in [3.8, 4) is 5.75 Å². The van der Waals surface area contributed by atoms with Crippen molar-refractivity contribution in [2.75, 3.05) is 0 Å². The summed E-state index contributed by atoms with van der Waals surface area (Å²) in [4.78, 5) is 10.1. The Morgan fingerprint density at radius 2 is 1.81 bits per heavy atom. The molecule has 0 saturated carbocycles. The van der Waals surface area contributed by atoms with Gasteiger partial charge in [0, 0.05) is 29.5 Å². The van der Waals surface area contributed by atoms with Crippen molar-refractivity contribution < 1.29 is 21.9 Å². The molecular weight excluding hydrogens is 370 g/mol. The molecule has 3 aromatic rings. The third-order valence-corrected chi connectivity index (χ3v) is 5.77. The number of benzene rings is 2. The fourth-order valence-corrected chi connectivity index (χ4v) is 4.44. The molecule has 0 radical (unpaired) electrons. The highest BCUT2D eigenvalue weighted by Crippen LogP contribution is 2.34. The summed E-state index contributed by atoms with van der Waals surface area (Å²) in [6.07, 6.45) is 4.00. The summed E-state index contributed by atoms with van der Waals surface area (Å²) in [5.41, 5.74) is 2.20. The number of hydrogen-bond donors (Lipinski definition) is 0. The van der Waals surface area contributed by atoms with Gasteiger partial charge in [-0.25, -0.2) is 0 Å². The minimum Gasteiger partial charge on any atom is -0.461 e. The van der Waals surface area contributed by atoms with Gasteiger partial charge >= 0.3 is 10.1 Å². The van der Waals surface area contributed by atoms with Crippen LogP contribution in [0.15, 0.2) is 46.9 Å². The standard InChI is InChI=1S/C19H17NO6S/c21-20(22)14-7-5-13(6-8-14)12-27(23,24)26-15-9-10-19-17(11-15)16-3-1-2-4-18(16)25-19/h5-11H,1-4,12H2. The average Bonchev–Trinajstić information content (AvgIpc) is 2.99. The van der Waals surface area contributed by atoms with E-state index in [1.54, 1.807) is 18.2 Å². The Kier molecular flexibility index (Phi) is 4.35. The van der Waals surface area contributed by atoms with Crippen molar-refractivity contribution in [3.05, 3.63) is 69.5 Å². The van der Waals surface area contributed by atoms with E-state index in [-0.39, 0.29) is 17.2 Å². The Morgan fingerprint density at radius 1 is 1.07 bits per heavy atom. The molecule has 1 aromatic heterocycles. The lowest BCUT2D eigenvalue weighted by atomic mass is 9.96. The van der Waals surface area contributed by atoms with E-state index in [0.29, 0.717) is 5.56 Å². The summed E-state index contributed by atoms with van der Waals surface area (Å²) >= 11 is 0. The fourth-order valence-electron chi connectivity index (χ4n) is 3.39. The second-order valence-electron chi connectivity index (χ2n) is 6.58. The highest BCUT2D eigenvalue weighted by atomic mass is 32.2. The van der Waals surface area contributed by atoms with E-state index in [1.165, 1.54) is 24.3 Å². The molecule has 1 heterocycles. The van der Waals surface area contributed by atoms with Crippen LogP contribution in [0.2, 0.25) is 0 Å². The molecule has 0 saturated heterocycles. The predicted octanol–water partition coefficient (Wildman–Crippen LogP) is 4.13. The molecule has 0 aliphatic heterocycles. The van der Waals surface area contributed by atoms with Gasteiger partial charge in [0.1, 0.15) is 22.8 Å². The molecule has 0 atom stereocenters. The maximum absolute atomic E-state index is 12.4. The molecule has 1 aliphatic carbocycles. The number of furan rings is 1. The lowest BCUT2D eigenvalue weighted by Crippen LogP contribution is -2.12. The van der Waals surface area contributed by atoms with Crippen LogP contribution in [0.3, 0.4) is 0 Å². The smallest absolute Gasteiger partial charge is 0.313 e. The van der Waals surface area contributed by atoms with Crippen molar-refractivity contribution >= 4 is 26.8 Å². The van der Waals surface area contributed by atoms with Gasteiger partial charge in [0.15, 0.2) is 0 Å².